The largest absolute Gasteiger partial charge is 0.440 e. The summed E-state index contributed by atoms with van der Waals surface area (Å²) in [6.07, 6.45) is 2.32. The number of hydrogen-bond acceptors (Lipinski definition) is 5. The zero-order valence-electron chi connectivity index (χ0n) is 14.6. The van der Waals surface area contributed by atoms with Gasteiger partial charge in [0.15, 0.2) is 5.69 Å². The van der Waals surface area contributed by atoms with E-state index in [9.17, 15) is 8.42 Å². The number of sulfonamides is 1. The van der Waals surface area contributed by atoms with Crippen LogP contribution < -0.4 is 0 Å². The molecule has 7 nitrogen and oxygen atoms in total. The topological polar surface area (TPSA) is 81.2 Å². The summed E-state index contributed by atoms with van der Waals surface area (Å²) < 4.78 is 33.7. The molecule has 0 amide bonds. The molecular formula is C16H24N4O3S. The predicted molar refractivity (Wildman–Crippen MR) is 90.9 cm³/mol. The summed E-state index contributed by atoms with van der Waals surface area (Å²) in [5.74, 6) is 1.73. The van der Waals surface area contributed by atoms with Crippen molar-refractivity contribution in [2.75, 3.05) is 12.3 Å². The molecule has 0 saturated heterocycles. The molecule has 0 aromatic carbocycles. The van der Waals surface area contributed by atoms with Crippen molar-refractivity contribution in [3.05, 3.63) is 23.2 Å². The van der Waals surface area contributed by atoms with E-state index in [4.69, 9.17) is 9.52 Å². The molecule has 0 bridgehead atoms. The molecule has 0 radical (unpaired) electrons. The maximum absolute atomic E-state index is 12.3. The van der Waals surface area contributed by atoms with Crippen molar-refractivity contribution in [1.82, 2.24) is 19.1 Å². The Hall–Kier alpha value is -1.67. The molecule has 8 heteroatoms. The molecule has 2 aromatic heterocycles. The van der Waals surface area contributed by atoms with Gasteiger partial charge in [0.25, 0.3) is 0 Å². The number of aryl methyl sites for hydroxylation is 1. The minimum Gasteiger partial charge on any atom is -0.440 e. The van der Waals surface area contributed by atoms with E-state index in [0.29, 0.717) is 42.8 Å². The fourth-order valence-electron chi connectivity index (χ4n) is 3.02. The maximum Gasteiger partial charge on any atom is 0.247 e. The summed E-state index contributed by atoms with van der Waals surface area (Å²) in [6.45, 7) is 9.41. The average Bonchev–Trinajstić information content (AvgIpc) is 3.10. The van der Waals surface area contributed by atoms with Crippen molar-refractivity contribution in [2.45, 2.75) is 47.2 Å². The molecule has 2 aromatic rings. The molecule has 0 spiro atoms. The van der Waals surface area contributed by atoms with E-state index in [-0.39, 0.29) is 5.75 Å². The van der Waals surface area contributed by atoms with E-state index < -0.39 is 10.0 Å². The van der Waals surface area contributed by atoms with E-state index in [1.165, 1.54) is 4.31 Å². The summed E-state index contributed by atoms with van der Waals surface area (Å²) in [4.78, 5) is 4.28. The van der Waals surface area contributed by atoms with Gasteiger partial charge >= 0.3 is 0 Å². The molecule has 3 rings (SSSR count). The van der Waals surface area contributed by atoms with Gasteiger partial charge < -0.3 is 4.42 Å². The van der Waals surface area contributed by atoms with Crippen molar-refractivity contribution >= 4 is 10.0 Å². The second-order valence-electron chi connectivity index (χ2n) is 6.61. The lowest BCUT2D eigenvalue weighted by Crippen LogP contribution is -2.37. The van der Waals surface area contributed by atoms with Crippen LogP contribution in [-0.4, -0.2) is 39.8 Å². The Morgan fingerprint density at radius 2 is 2.12 bits per heavy atom. The summed E-state index contributed by atoms with van der Waals surface area (Å²) >= 11 is 0. The Morgan fingerprint density at radius 3 is 2.71 bits per heavy atom. The van der Waals surface area contributed by atoms with Crippen molar-refractivity contribution in [3.8, 4) is 11.6 Å². The molecule has 0 unspecified atom stereocenters. The third kappa shape index (κ3) is 3.12. The van der Waals surface area contributed by atoms with Gasteiger partial charge in [0.2, 0.25) is 15.9 Å². The zero-order valence-corrected chi connectivity index (χ0v) is 15.4. The second kappa shape index (κ2) is 6.33. The average molecular weight is 352 g/mol. The van der Waals surface area contributed by atoms with Crippen LogP contribution in [0.3, 0.4) is 0 Å². The highest BCUT2D eigenvalue weighted by atomic mass is 32.2. The van der Waals surface area contributed by atoms with Crippen molar-refractivity contribution in [3.63, 3.8) is 0 Å². The molecule has 3 heterocycles. The Morgan fingerprint density at radius 1 is 1.38 bits per heavy atom. The minimum atomic E-state index is -3.23. The monoisotopic (exact) mass is 352 g/mol. The lowest BCUT2D eigenvalue weighted by molar-refractivity contribution is 0.377. The smallest absolute Gasteiger partial charge is 0.247 e. The van der Waals surface area contributed by atoms with Gasteiger partial charge in [-0.3, -0.25) is 4.68 Å². The SMILES string of the molecule is CCS(=O)(=O)N1CCc2c(c(-c3ncc(C)o3)nn2CC(C)C)C1. The van der Waals surface area contributed by atoms with Gasteiger partial charge in [0, 0.05) is 37.3 Å². The predicted octanol–water partition coefficient (Wildman–Crippen LogP) is 2.21. The number of oxazole rings is 1. The third-order valence-corrected chi connectivity index (χ3v) is 6.05. The van der Waals surface area contributed by atoms with E-state index in [0.717, 1.165) is 17.8 Å². The molecule has 132 valence electrons. The van der Waals surface area contributed by atoms with Crippen LogP contribution >= 0.6 is 0 Å². The minimum absolute atomic E-state index is 0.107. The first-order chi connectivity index (χ1) is 11.3. The summed E-state index contributed by atoms with van der Waals surface area (Å²) in [5.41, 5.74) is 2.67. The first kappa shape index (κ1) is 17.2. The second-order valence-corrected chi connectivity index (χ2v) is 8.87. The van der Waals surface area contributed by atoms with E-state index in [1.807, 2.05) is 11.6 Å². The van der Waals surface area contributed by atoms with Crippen LogP contribution in [0, 0.1) is 12.8 Å². The van der Waals surface area contributed by atoms with Crippen LogP contribution in [0.25, 0.3) is 11.6 Å². The van der Waals surface area contributed by atoms with Crippen LogP contribution in [0.2, 0.25) is 0 Å². The molecule has 0 saturated carbocycles. The Labute approximate surface area is 142 Å². The Kier molecular flexibility index (Phi) is 4.52. The van der Waals surface area contributed by atoms with Gasteiger partial charge in [-0.1, -0.05) is 13.8 Å². The summed E-state index contributed by atoms with van der Waals surface area (Å²) in [6, 6.07) is 0. The standard InChI is InChI=1S/C16H24N4O3S/c1-5-24(21,22)19-7-6-14-13(10-19)15(16-17-8-12(4)23-16)18-20(14)9-11(2)3/h8,11H,5-7,9-10H2,1-4H3. The highest BCUT2D eigenvalue weighted by Crippen LogP contribution is 2.31. The summed E-state index contributed by atoms with van der Waals surface area (Å²) in [7, 11) is -3.23. The van der Waals surface area contributed by atoms with E-state index >= 15 is 0 Å². The van der Waals surface area contributed by atoms with Gasteiger partial charge in [0.05, 0.1) is 11.9 Å². The quantitative estimate of drug-likeness (QED) is 0.824. The van der Waals surface area contributed by atoms with Crippen molar-refractivity contribution in [2.24, 2.45) is 5.92 Å². The van der Waals surface area contributed by atoms with Crippen LogP contribution in [0.4, 0.5) is 0 Å². The highest BCUT2D eigenvalue weighted by molar-refractivity contribution is 7.89. The van der Waals surface area contributed by atoms with Gasteiger partial charge in [-0.05, 0) is 19.8 Å². The first-order valence-corrected chi connectivity index (χ1v) is 9.92. The fourth-order valence-corrected chi connectivity index (χ4v) is 4.08. The molecule has 1 aliphatic rings. The molecular weight excluding hydrogens is 328 g/mol. The number of fused-ring (bicyclic) bond motifs is 1. The van der Waals surface area contributed by atoms with Crippen LogP contribution in [0.5, 0.6) is 0 Å². The van der Waals surface area contributed by atoms with Crippen LogP contribution in [0.15, 0.2) is 10.6 Å². The first-order valence-electron chi connectivity index (χ1n) is 8.31. The Balaban J connectivity index is 2.06. The normalized spacial score (nSPS) is 15.9. The van der Waals surface area contributed by atoms with E-state index in [2.05, 4.69) is 18.8 Å². The third-order valence-electron chi connectivity index (χ3n) is 4.22. The van der Waals surface area contributed by atoms with Gasteiger partial charge in [0.1, 0.15) is 5.76 Å². The zero-order chi connectivity index (χ0) is 17.5. The van der Waals surface area contributed by atoms with E-state index in [1.54, 1.807) is 13.1 Å². The van der Waals surface area contributed by atoms with Gasteiger partial charge in [-0.15, -0.1) is 0 Å². The number of aromatic nitrogens is 3. The molecule has 0 atom stereocenters. The number of hydrogen-bond donors (Lipinski definition) is 0. The molecule has 0 aliphatic carbocycles. The molecule has 0 N–H and O–H groups in total. The molecule has 0 fully saturated rings. The lowest BCUT2D eigenvalue weighted by atomic mass is 10.1. The van der Waals surface area contributed by atoms with Gasteiger partial charge in [-0.2, -0.15) is 9.40 Å². The molecule has 1 aliphatic heterocycles. The van der Waals surface area contributed by atoms with Crippen molar-refractivity contribution in [1.29, 1.82) is 0 Å². The maximum atomic E-state index is 12.3. The number of nitrogens with zero attached hydrogens (tertiary/aromatic N) is 4. The number of rotatable bonds is 5. The van der Waals surface area contributed by atoms with Crippen LogP contribution in [0.1, 0.15) is 37.8 Å². The highest BCUT2D eigenvalue weighted by Gasteiger charge is 2.32. The van der Waals surface area contributed by atoms with Crippen LogP contribution in [-0.2, 0) is 29.5 Å². The van der Waals surface area contributed by atoms with Gasteiger partial charge in [-0.25, -0.2) is 13.4 Å². The fraction of sp³-hybridized carbons (Fsp3) is 0.625. The molecule has 24 heavy (non-hydrogen) atoms. The Bertz CT molecular complexity index is 836. The lowest BCUT2D eigenvalue weighted by Gasteiger charge is -2.26. The van der Waals surface area contributed by atoms with Crippen molar-refractivity contribution < 1.29 is 12.8 Å². The summed E-state index contributed by atoms with van der Waals surface area (Å²) in [5, 5.41) is 4.70.